The molecule has 5 atom stereocenters. The normalized spacial score (nSPS) is 26.8. The summed E-state index contributed by atoms with van der Waals surface area (Å²) >= 11 is 0. The molecule has 1 aromatic rings. The van der Waals surface area contributed by atoms with Crippen LogP contribution in [0.3, 0.4) is 0 Å². The number of carbonyl (C=O) groups is 4. The van der Waals surface area contributed by atoms with Crippen LogP contribution in [0.2, 0.25) is 0 Å². The van der Waals surface area contributed by atoms with Crippen molar-refractivity contribution in [2.24, 2.45) is 29.2 Å². The van der Waals surface area contributed by atoms with E-state index in [1.54, 1.807) is 44.1 Å². The monoisotopic (exact) mass is 490 g/mol. The molecule has 0 spiro atoms. The summed E-state index contributed by atoms with van der Waals surface area (Å²) in [5.74, 6) is -7.27. The molecule has 2 aliphatic carbocycles. The number of anilines is 1. The molecule has 35 heavy (non-hydrogen) atoms. The highest BCUT2D eigenvalue weighted by Crippen LogP contribution is 2.50. The van der Waals surface area contributed by atoms with E-state index in [-0.39, 0.29) is 30.7 Å². The minimum Gasteiger partial charge on any atom is -0.507 e. The predicted octanol–water partition coefficient (Wildman–Crippen LogP) is -1.42. The number of aliphatic hydroxyl groups excluding tert-OH is 1. The van der Waals surface area contributed by atoms with Gasteiger partial charge in [-0.3, -0.25) is 19.2 Å². The number of ketones is 3. The van der Waals surface area contributed by atoms with Gasteiger partial charge in [0.05, 0.1) is 24.5 Å². The average Bonchev–Trinajstić information content (AvgIpc) is 2.76. The molecule has 0 heterocycles. The third kappa shape index (κ3) is 4.22. The van der Waals surface area contributed by atoms with Crippen LogP contribution < -0.4 is 16.4 Å². The molecule has 0 bridgehead atoms. The molecule has 3 rings (SSSR count). The second-order valence-electron chi connectivity index (χ2n) is 9.91. The predicted molar refractivity (Wildman–Crippen MR) is 127 cm³/mol. The van der Waals surface area contributed by atoms with Gasteiger partial charge >= 0.3 is 0 Å². The van der Waals surface area contributed by atoms with Crippen molar-refractivity contribution in [3.8, 4) is 5.75 Å². The molecular formula is C24H34N4O7. The van der Waals surface area contributed by atoms with E-state index in [4.69, 9.17) is 11.5 Å². The number of aromatic hydroxyl groups is 1. The second kappa shape index (κ2) is 9.65. The summed E-state index contributed by atoms with van der Waals surface area (Å²) < 4.78 is 0. The van der Waals surface area contributed by atoms with Crippen molar-refractivity contribution < 1.29 is 34.5 Å². The van der Waals surface area contributed by atoms with Crippen LogP contribution in [-0.2, 0) is 27.3 Å². The summed E-state index contributed by atoms with van der Waals surface area (Å²) in [4.78, 5) is 55.5. The molecule has 0 saturated heterocycles. The van der Waals surface area contributed by atoms with Crippen molar-refractivity contribution in [2.75, 3.05) is 39.7 Å². The van der Waals surface area contributed by atoms with E-state index in [2.05, 4.69) is 0 Å². The lowest BCUT2D eigenvalue weighted by atomic mass is 9.56. The number of benzene rings is 1. The van der Waals surface area contributed by atoms with Crippen molar-refractivity contribution in [3.63, 3.8) is 0 Å². The highest BCUT2D eigenvalue weighted by atomic mass is 16.3. The molecule has 1 saturated carbocycles. The third-order valence-electron chi connectivity index (χ3n) is 7.46. The number of nitrogens with two attached hydrogens (primary N) is 2. The number of rotatable bonds is 8. The Balaban J connectivity index is 2.22. The zero-order valence-corrected chi connectivity index (χ0v) is 20.4. The molecule has 1 amide bonds. The van der Waals surface area contributed by atoms with Gasteiger partial charge in [0.1, 0.15) is 5.75 Å². The number of nitrogens with zero attached hydrogens (tertiary/aromatic N) is 2. The maximum absolute atomic E-state index is 13.8. The van der Waals surface area contributed by atoms with Gasteiger partial charge in [-0.15, -0.1) is 0 Å². The number of carbonyl (C=O) groups excluding carboxylic acids is 4. The fourth-order valence-corrected chi connectivity index (χ4v) is 5.72. The van der Waals surface area contributed by atoms with Crippen LogP contribution in [0, 0.1) is 17.8 Å². The first-order chi connectivity index (χ1) is 16.3. The van der Waals surface area contributed by atoms with E-state index in [1.165, 1.54) is 0 Å². The first-order valence-electron chi connectivity index (χ1n) is 11.5. The molecule has 1 unspecified atom stereocenters. The Hall–Kier alpha value is -2.86. The fraction of sp³-hybridized carbons (Fsp3) is 0.583. The molecule has 0 aromatic heterocycles. The Kier molecular flexibility index (Phi) is 7.37. The number of primary amides is 1. The Labute approximate surface area is 203 Å². The highest BCUT2D eigenvalue weighted by molar-refractivity contribution is 6.24. The average molecular weight is 491 g/mol. The van der Waals surface area contributed by atoms with Crippen LogP contribution in [0.4, 0.5) is 5.69 Å². The van der Waals surface area contributed by atoms with Gasteiger partial charge in [-0.05, 0) is 44.5 Å². The van der Waals surface area contributed by atoms with Crippen LogP contribution in [0.15, 0.2) is 6.07 Å². The largest absolute Gasteiger partial charge is 0.507 e. The lowest BCUT2D eigenvalue weighted by Crippen LogP contribution is -2.67. The summed E-state index contributed by atoms with van der Waals surface area (Å²) in [6.45, 7) is -0.512. The zero-order chi connectivity index (χ0) is 26.4. The van der Waals surface area contributed by atoms with Crippen molar-refractivity contribution >= 4 is 28.9 Å². The highest BCUT2D eigenvalue weighted by Gasteiger charge is 2.62. The second-order valence-corrected chi connectivity index (χ2v) is 9.91. The molecule has 11 heteroatoms. The SMILES string of the molecule is CN(C)c1cc(CN)c(O)c2c1C[C@H]1C[C@@H]([C@@H](CO)N(C)C)[C@@](O)(C(=O)CC(N)=O)C(=O)C1C2=O. The summed E-state index contributed by atoms with van der Waals surface area (Å²) in [6.07, 6.45) is -0.607. The van der Waals surface area contributed by atoms with E-state index >= 15 is 0 Å². The molecule has 1 aromatic carbocycles. The number of hydrogen-bond acceptors (Lipinski definition) is 10. The van der Waals surface area contributed by atoms with Gasteiger partial charge in [-0.2, -0.15) is 0 Å². The minimum atomic E-state index is -2.70. The maximum Gasteiger partial charge on any atom is 0.225 e. The lowest BCUT2D eigenvalue weighted by Gasteiger charge is -2.49. The molecule has 11 nitrogen and oxygen atoms in total. The number of aliphatic hydroxyl groups is 2. The van der Waals surface area contributed by atoms with Crippen LogP contribution in [0.25, 0.3) is 0 Å². The van der Waals surface area contributed by atoms with Crippen LogP contribution in [0.1, 0.15) is 34.3 Å². The van der Waals surface area contributed by atoms with Gasteiger partial charge < -0.3 is 36.6 Å². The van der Waals surface area contributed by atoms with E-state index in [9.17, 15) is 34.5 Å². The maximum atomic E-state index is 13.8. The van der Waals surface area contributed by atoms with Gasteiger partial charge in [-0.25, -0.2) is 0 Å². The van der Waals surface area contributed by atoms with Gasteiger partial charge in [0.15, 0.2) is 23.0 Å². The van der Waals surface area contributed by atoms with Gasteiger partial charge in [-0.1, -0.05) is 0 Å². The first kappa shape index (κ1) is 26.7. The topological polar surface area (TPSA) is 187 Å². The quantitative estimate of drug-likeness (QED) is 0.270. The zero-order valence-electron chi connectivity index (χ0n) is 20.4. The number of hydrogen-bond donors (Lipinski definition) is 5. The number of Topliss-reactive ketones (excluding diaryl/α,β-unsaturated/α-hetero) is 3. The number of phenols is 1. The van der Waals surface area contributed by atoms with E-state index in [1.807, 2.05) is 0 Å². The molecule has 1 fully saturated rings. The summed E-state index contributed by atoms with van der Waals surface area (Å²) in [5.41, 5.74) is 9.76. The van der Waals surface area contributed by atoms with Gasteiger partial charge in [0.25, 0.3) is 0 Å². The standard InChI is InChI=1S/C24H34N4O7/c1-27(2)15-7-12(9-25)21(32)20-13(15)5-11-6-14(16(10-29)28(3)4)24(35,17(30)8-18(26)31)23(34)19(11)22(20)33/h7,11,14,16,19,29,32,35H,5-6,8-10,25H2,1-4H3,(H2,26,31)/t11-,14-,16+,19?,24+/m0/s1. The molecule has 2 aliphatic rings. The first-order valence-corrected chi connectivity index (χ1v) is 11.5. The third-order valence-corrected chi connectivity index (χ3v) is 7.46. The Morgan fingerprint density at radius 2 is 1.86 bits per heavy atom. The minimum absolute atomic E-state index is 0.0410. The Morgan fingerprint density at radius 3 is 2.34 bits per heavy atom. The van der Waals surface area contributed by atoms with Crippen molar-refractivity contribution in [1.29, 1.82) is 0 Å². The Morgan fingerprint density at radius 1 is 1.23 bits per heavy atom. The fourth-order valence-electron chi connectivity index (χ4n) is 5.72. The van der Waals surface area contributed by atoms with Crippen LogP contribution in [-0.4, -0.2) is 89.9 Å². The van der Waals surface area contributed by atoms with Crippen LogP contribution in [0.5, 0.6) is 5.75 Å². The number of amides is 1. The van der Waals surface area contributed by atoms with Crippen LogP contribution >= 0.6 is 0 Å². The van der Waals surface area contributed by atoms with E-state index in [0.29, 0.717) is 16.8 Å². The van der Waals surface area contributed by atoms with Gasteiger partial charge in [0.2, 0.25) is 5.91 Å². The van der Waals surface area contributed by atoms with Crippen molar-refractivity contribution in [1.82, 2.24) is 4.90 Å². The number of likely N-dealkylation sites (N-methyl/N-ethyl adjacent to an activating group) is 1. The number of fused-ring (bicyclic) bond motifs is 2. The number of phenolic OH excluding ortho intramolecular Hbond substituents is 1. The van der Waals surface area contributed by atoms with E-state index in [0.717, 1.165) is 0 Å². The van der Waals surface area contributed by atoms with Gasteiger partial charge in [0, 0.05) is 43.9 Å². The summed E-state index contributed by atoms with van der Waals surface area (Å²) in [6, 6.07) is 0.895. The Bertz CT molecular complexity index is 1070. The molecule has 0 radical (unpaired) electrons. The molecule has 0 aliphatic heterocycles. The smallest absolute Gasteiger partial charge is 0.225 e. The summed E-state index contributed by atoms with van der Waals surface area (Å²) in [5, 5.41) is 32.5. The van der Waals surface area contributed by atoms with Crippen molar-refractivity contribution in [3.05, 3.63) is 22.8 Å². The van der Waals surface area contributed by atoms with Crippen molar-refractivity contribution in [2.45, 2.75) is 37.5 Å². The molecule has 7 N–H and O–H groups in total. The van der Waals surface area contributed by atoms with E-state index < -0.39 is 65.7 Å². The molecule has 192 valence electrons. The summed E-state index contributed by atoms with van der Waals surface area (Å²) in [7, 11) is 6.84. The lowest BCUT2D eigenvalue weighted by molar-refractivity contribution is -0.171. The molecular weight excluding hydrogens is 456 g/mol.